The van der Waals surface area contributed by atoms with Crippen LogP contribution in [0.2, 0.25) is 0 Å². The molecule has 0 bridgehead atoms. The first-order valence-corrected chi connectivity index (χ1v) is 12.3. The minimum absolute atomic E-state index is 0.0180. The first-order chi connectivity index (χ1) is 17.8. The molecule has 15 heteroatoms. The number of carbonyl (C=O) groups is 1. The molecule has 0 aliphatic rings. The number of hydrogen-bond acceptors (Lipinski definition) is 7. The summed E-state index contributed by atoms with van der Waals surface area (Å²) < 4.78 is 66.0. The molecule has 1 N–H and O–H groups in total. The molecule has 1 amide bonds. The van der Waals surface area contributed by atoms with E-state index < -0.39 is 53.8 Å². The molecule has 0 aromatic heterocycles. The van der Waals surface area contributed by atoms with E-state index in [0.29, 0.717) is 17.8 Å². The van der Waals surface area contributed by atoms with Gasteiger partial charge in [0.05, 0.1) is 31.9 Å². The summed E-state index contributed by atoms with van der Waals surface area (Å²) in [7, 11) is -4.31. The molecule has 0 saturated carbocycles. The van der Waals surface area contributed by atoms with Crippen LogP contribution in [0.1, 0.15) is 22.3 Å². The van der Waals surface area contributed by atoms with Gasteiger partial charge in [0, 0.05) is 30.9 Å². The summed E-state index contributed by atoms with van der Waals surface area (Å²) in [5.41, 5.74) is -2.47. The zero-order chi connectivity index (χ0) is 28.1. The zero-order valence-electron chi connectivity index (χ0n) is 19.3. The van der Waals surface area contributed by atoms with Crippen molar-refractivity contribution in [3.63, 3.8) is 0 Å². The number of benzene rings is 3. The van der Waals surface area contributed by atoms with Gasteiger partial charge in [-0.3, -0.25) is 25.0 Å². The fraction of sp³-hybridized carbons (Fsp3) is 0.174. The molecule has 0 heterocycles. The molecule has 0 aliphatic carbocycles. The van der Waals surface area contributed by atoms with Gasteiger partial charge in [-0.1, -0.05) is 24.3 Å². The minimum Gasteiger partial charge on any atom is -0.308 e. The number of nitro groups is 2. The molecule has 0 radical (unpaired) electrons. The second-order valence-corrected chi connectivity index (χ2v) is 9.59. The van der Waals surface area contributed by atoms with Crippen molar-refractivity contribution in [2.75, 3.05) is 18.0 Å². The molecule has 11 nitrogen and oxygen atoms in total. The van der Waals surface area contributed by atoms with E-state index in [1.807, 2.05) is 0 Å². The van der Waals surface area contributed by atoms with Gasteiger partial charge in [-0.25, -0.2) is 13.1 Å². The molecule has 0 aliphatic heterocycles. The van der Waals surface area contributed by atoms with E-state index in [1.54, 1.807) is 18.2 Å². The van der Waals surface area contributed by atoms with Gasteiger partial charge in [0.1, 0.15) is 0 Å². The number of nitrogens with one attached hydrogen (secondary N) is 1. The standard InChI is InChI=1S/C23H19F3N4O7S/c24-23(25,26)17-6-4-9-21(14-17)38(36,37)27-10-5-11-28(18-7-2-1-3-8-18)22(31)16-12-19(29(32)33)15-20(13-16)30(34)35/h1-4,6-9,12-15,27H,5,10-11H2. The molecule has 200 valence electrons. The number of hydrogen-bond donors (Lipinski definition) is 1. The SMILES string of the molecule is O=C(c1cc([N+](=O)[O-])cc([N+](=O)[O-])c1)N(CCCNS(=O)(=O)c1cccc(C(F)(F)F)c1)c1ccccc1. The van der Waals surface area contributed by atoms with Crippen molar-refractivity contribution in [1.29, 1.82) is 0 Å². The van der Waals surface area contributed by atoms with Gasteiger partial charge < -0.3 is 4.90 Å². The lowest BCUT2D eigenvalue weighted by Gasteiger charge is -2.23. The van der Waals surface area contributed by atoms with Crippen molar-refractivity contribution in [3.8, 4) is 0 Å². The minimum atomic E-state index is -4.73. The Bertz CT molecular complexity index is 1430. The highest BCUT2D eigenvalue weighted by atomic mass is 32.2. The summed E-state index contributed by atoms with van der Waals surface area (Å²) in [5.74, 6) is -0.816. The van der Waals surface area contributed by atoms with Crippen LogP contribution in [0.5, 0.6) is 0 Å². The number of anilines is 1. The van der Waals surface area contributed by atoms with E-state index >= 15 is 0 Å². The van der Waals surface area contributed by atoms with E-state index in [1.165, 1.54) is 12.1 Å². The molecule has 0 fully saturated rings. The van der Waals surface area contributed by atoms with Crippen LogP contribution in [0.3, 0.4) is 0 Å². The summed E-state index contributed by atoms with van der Waals surface area (Å²) >= 11 is 0. The van der Waals surface area contributed by atoms with Crippen LogP contribution in [-0.4, -0.2) is 37.3 Å². The van der Waals surface area contributed by atoms with Gasteiger partial charge in [-0.05, 0) is 36.8 Å². The lowest BCUT2D eigenvalue weighted by molar-refractivity contribution is -0.394. The van der Waals surface area contributed by atoms with E-state index in [2.05, 4.69) is 4.72 Å². The number of amides is 1. The number of rotatable bonds is 10. The first kappa shape index (κ1) is 28.2. The Kier molecular flexibility index (Phi) is 8.42. The third kappa shape index (κ3) is 6.89. The molecule has 0 spiro atoms. The lowest BCUT2D eigenvalue weighted by atomic mass is 10.1. The smallest absolute Gasteiger partial charge is 0.308 e. The number of alkyl halides is 3. The van der Waals surface area contributed by atoms with Crippen LogP contribution in [-0.2, 0) is 16.2 Å². The van der Waals surface area contributed by atoms with Crippen molar-refractivity contribution in [2.45, 2.75) is 17.5 Å². The predicted molar refractivity (Wildman–Crippen MR) is 129 cm³/mol. The van der Waals surface area contributed by atoms with Gasteiger partial charge in [-0.15, -0.1) is 0 Å². The van der Waals surface area contributed by atoms with Gasteiger partial charge >= 0.3 is 6.18 Å². The largest absolute Gasteiger partial charge is 0.416 e. The molecule has 3 aromatic carbocycles. The Morgan fingerprint density at radius 3 is 2.05 bits per heavy atom. The summed E-state index contributed by atoms with van der Waals surface area (Å²) in [6.45, 7) is -0.408. The summed E-state index contributed by atoms with van der Waals surface area (Å²) in [4.78, 5) is 34.5. The molecule has 0 unspecified atom stereocenters. The number of nitrogens with zero attached hydrogens (tertiary/aromatic N) is 3. The predicted octanol–water partition coefficient (Wildman–Crippen LogP) is 4.54. The number of para-hydroxylation sites is 1. The van der Waals surface area contributed by atoms with Gasteiger partial charge in [0.15, 0.2) is 0 Å². The van der Waals surface area contributed by atoms with Crippen molar-refractivity contribution in [1.82, 2.24) is 4.72 Å². The number of non-ortho nitro benzene ring substituents is 2. The molecule has 0 saturated heterocycles. The van der Waals surface area contributed by atoms with Crippen molar-refractivity contribution < 1.29 is 36.2 Å². The fourth-order valence-corrected chi connectivity index (χ4v) is 4.53. The Hall–Kier alpha value is -4.37. The van der Waals surface area contributed by atoms with Crippen LogP contribution in [0.15, 0.2) is 77.7 Å². The van der Waals surface area contributed by atoms with Crippen LogP contribution < -0.4 is 9.62 Å². The van der Waals surface area contributed by atoms with Crippen LogP contribution in [0.4, 0.5) is 30.2 Å². The third-order valence-electron chi connectivity index (χ3n) is 5.21. The second-order valence-electron chi connectivity index (χ2n) is 7.82. The number of nitro benzene ring substituents is 2. The summed E-state index contributed by atoms with van der Waals surface area (Å²) in [5, 5.41) is 22.4. The summed E-state index contributed by atoms with van der Waals surface area (Å²) in [6, 6.07) is 13.6. The average molecular weight is 552 g/mol. The molecule has 0 atom stereocenters. The lowest BCUT2D eigenvalue weighted by Crippen LogP contribution is -2.34. The normalized spacial score (nSPS) is 11.7. The molecular formula is C23H19F3N4O7S. The Morgan fingerprint density at radius 1 is 0.895 bits per heavy atom. The maximum Gasteiger partial charge on any atom is 0.416 e. The van der Waals surface area contributed by atoms with Crippen LogP contribution in [0, 0.1) is 20.2 Å². The van der Waals surface area contributed by atoms with Crippen molar-refractivity contribution in [2.24, 2.45) is 0 Å². The third-order valence-corrected chi connectivity index (χ3v) is 6.67. The zero-order valence-corrected chi connectivity index (χ0v) is 20.1. The molecule has 3 aromatic rings. The molecule has 38 heavy (non-hydrogen) atoms. The van der Waals surface area contributed by atoms with E-state index in [0.717, 1.165) is 35.2 Å². The van der Waals surface area contributed by atoms with Gasteiger partial charge in [0.2, 0.25) is 10.0 Å². The molecular weight excluding hydrogens is 533 g/mol. The number of halogens is 3. The summed E-state index contributed by atoms with van der Waals surface area (Å²) in [6.07, 6.45) is -4.75. The monoisotopic (exact) mass is 552 g/mol. The van der Waals surface area contributed by atoms with Crippen LogP contribution in [0.25, 0.3) is 0 Å². The Labute approximate surface area is 213 Å². The maximum absolute atomic E-state index is 13.3. The van der Waals surface area contributed by atoms with E-state index in [-0.39, 0.29) is 25.1 Å². The van der Waals surface area contributed by atoms with Gasteiger partial charge in [0.25, 0.3) is 17.3 Å². The number of carbonyl (C=O) groups excluding carboxylic acids is 1. The highest BCUT2D eigenvalue weighted by molar-refractivity contribution is 7.89. The van der Waals surface area contributed by atoms with Crippen molar-refractivity contribution >= 4 is 33.0 Å². The molecule has 3 rings (SSSR count). The highest BCUT2D eigenvalue weighted by Gasteiger charge is 2.31. The average Bonchev–Trinajstić information content (AvgIpc) is 2.88. The maximum atomic E-state index is 13.3. The second kappa shape index (κ2) is 11.4. The topological polar surface area (TPSA) is 153 Å². The fourth-order valence-electron chi connectivity index (χ4n) is 3.41. The first-order valence-electron chi connectivity index (χ1n) is 10.8. The van der Waals surface area contributed by atoms with Crippen molar-refractivity contribution in [3.05, 3.63) is 104 Å². The van der Waals surface area contributed by atoms with E-state index in [4.69, 9.17) is 0 Å². The number of sulfonamides is 1. The Balaban J connectivity index is 1.80. The highest BCUT2D eigenvalue weighted by Crippen LogP contribution is 2.30. The Morgan fingerprint density at radius 2 is 1.50 bits per heavy atom. The van der Waals surface area contributed by atoms with E-state index in [9.17, 15) is 46.6 Å². The van der Waals surface area contributed by atoms with Gasteiger partial charge in [-0.2, -0.15) is 13.2 Å². The van der Waals surface area contributed by atoms with Crippen LogP contribution >= 0.6 is 0 Å². The quantitative estimate of drug-likeness (QED) is 0.220.